The quantitative estimate of drug-likeness (QED) is 0.744. The number of ether oxygens (including phenoxy) is 1. The minimum atomic E-state index is -0.257. The maximum atomic E-state index is 13.2. The van der Waals surface area contributed by atoms with Crippen LogP contribution in [0.2, 0.25) is 0 Å². The Morgan fingerprint density at radius 2 is 1.83 bits per heavy atom. The van der Waals surface area contributed by atoms with Crippen LogP contribution < -0.4 is 9.64 Å². The molecule has 164 valence electrons. The highest BCUT2D eigenvalue weighted by molar-refractivity contribution is 6.01. The molecule has 3 fully saturated rings. The van der Waals surface area contributed by atoms with Gasteiger partial charge in [0.15, 0.2) is 0 Å². The predicted molar refractivity (Wildman–Crippen MR) is 118 cm³/mol. The van der Waals surface area contributed by atoms with Gasteiger partial charge in [0.05, 0.1) is 18.7 Å². The third-order valence-electron chi connectivity index (χ3n) is 6.99. The zero-order valence-corrected chi connectivity index (χ0v) is 18.2. The van der Waals surface area contributed by atoms with Crippen molar-refractivity contribution in [2.24, 2.45) is 11.8 Å². The van der Waals surface area contributed by atoms with Gasteiger partial charge < -0.3 is 19.4 Å². The lowest BCUT2D eigenvalue weighted by molar-refractivity contribution is -0.135. The molecule has 1 aliphatic carbocycles. The Bertz CT molecular complexity index is 747. The summed E-state index contributed by atoms with van der Waals surface area (Å²) in [6.45, 7) is 5.26. The van der Waals surface area contributed by atoms with E-state index in [1.54, 1.807) is 12.0 Å². The van der Waals surface area contributed by atoms with Gasteiger partial charge in [-0.05, 0) is 43.9 Å². The van der Waals surface area contributed by atoms with Crippen molar-refractivity contribution in [3.8, 4) is 5.75 Å². The number of rotatable bonds is 5. The summed E-state index contributed by atoms with van der Waals surface area (Å²) < 4.78 is 5.41. The molecule has 0 aromatic heterocycles. The van der Waals surface area contributed by atoms with Crippen molar-refractivity contribution in [3.63, 3.8) is 0 Å². The standard InChI is InChI=1S/C24H35N3O3/c1-30-22-11-6-5-10-21(22)27-18-20(16-23(27)28)24(29)26-13-7-12-25(14-15-26)17-19-8-3-2-4-9-19/h5-6,10-11,19-20H,2-4,7-9,12-18H2,1H3. The SMILES string of the molecule is COc1ccccc1N1CC(C(=O)N2CCCN(CC3CCCCC3)CC2)CC1=O. The highest BCUT2D eigenvalue weighted by Gasteiger charge is 2.38. The Hall–Kier alpha value is -2.08. The van der Waals surface area contributed by atoms with Crippen molar-refractivity contribution in [2.75, 3.05) is 51.3 Å². The smallest absolute Gasteiger partial charge is 0.228 e. The van der Waals surface area contributed by atoms with Gasteiger partial charge in [0.1, 0.15) is 5.75 Å². The van der Waals surface area contributed by atoms with Crippen LogP contribution >= 0.6 is 0 Å². The molecule has 0 spiro atoms. The summed E-state index contributed by atoms with van der Waals surface area (Å²) in [5.41, 5.74) is 0.759. The molecule has 1 aromatic carbocycles. The molecule has 1 unspecified atom stereocenters. The summed E-state index contributed by atoms with van der Waals surface area (Å²) >= 11 is 0. The van der Waals surface area contributed by atoms with Crippen molar-refractivity contribution >= 4 is 17.5 Å². The molecular weight excluding hydrogens is 378 g/mol. The number of nitrogens with zero attached hydrogens (tertiary/aromatic N) is 3. The third kappa shape index (κ3) is 4.80. The van der Waals surface area contributed by atoms with Crippen LogP contribution in [0.15, 0.2) is 24.3 Å². The van der Waals surface area contributed by atoms with Gasteiger partial charge >= 0.3 is 0 Å². The van der Waals surface area contributed by atoms with Gasteiger partial charge in [-0.1, -0.05) is 31.4 Å². The van der Waals surface area contributed by atoms with Gasteiger partial charge in [-0.15, -0.1) is 0 Å². The number of methoxy groups -OCH3 is 1. The van der Waals surface area contributed by atoms with Crippen LogP contribution in [0.4, 0.5) is 5.69 Å². The molecular formula is C24H35N3O3. The molecule has 1 saturated carbocycles. The minimum absolute atomic E-state index is 0.00611. The first kappa shape index (κ1) is 21.2. The fourth-order valence-corrected chi connectivity index (χ4v) is 5.33. The Morgan fingerprint density at radius 1 is 1.03 bits per heavy atom. The Kier molecular flexibility index (Phi) is 6.93. The first-order valence-corrected chi connectivity index (χ1v) is 11.6. The Balaban J connectivity index is 1.33. The number of anilines is 1. The molecule has 1 aromatic rings. The monoisotopic (exact) mass is 413 g/mol. The summed E-state index contributed by atoms with van der Waals surface area (Å²) in [5.74, 6) is 1.40. The van der Waals surface area contributed by atoms with E-state index in [1.165, 1.54) is 38.6 Å². The van der Waals surface area contributed by atoms with Crippen LogP contribution in [0.5, 0.6) is 5.75 Å². The maximum absolute atomic E-state index is 13.2. The Labute approximate surface area is 180 Å². The average molecular weight is 414 g/mol. The van der Waals surface area contributed by atoms with Gasteiger partial charge in [0, 0.05) is 39.1 Å². The van der Waals surface area contributed by atoms with Gasteiger partial charge in [0.2, 0.25) is 11.8 Å². The van der Waals surface area contributed by atoms with Gasteiger partial charge in [-0.3, -0.25) is 9.59 Å². The van der Waals surface area contributed by atoms with E-state index in [0.29, 0.717) is 18.7 Å². The topological polar surface area (TPSA) is 53.1 Å². The van der Waals surface area contributed by atoms with Crippen molar-refractivity contribution in [3.05, 3.63) is 24.3 Å². The number of benzene rings is 1. The van der Waals surface area contributed by atoms with E-state index in [4.69, 9.17) is 4.74 Å². The van der Waals surface area contributed by atoms with Crippen molar-refractivity contribution in [1.82, 2.24) is 9.80 Å². The molecule has 4 rings (SSSR count). The molecule has 6 heteroatoms. The highest BCUT2D eigenvalue weighted by atomic mass is 16.5. The van der Waals surface area contributed by atoms with E-state index in [1.807, 2.05) is 29.2 Å². The van der Waals surface area contributed by atoms with E-state index in [2.05, 4.69) is 4.90 Å². The van der Waals surface area contributed by atoms with Crippen LogP contribution in [0.1, 0.15) is 44.9 Å². The molecule has 0 radical (unpaired) electrons. The first-order valence-electron chi connectivity index (χ1n) is 11.6. The number of hydrogen-bond acceptors (Lipinski definition) is 4. The summed E-state index contributed by atoms with van der Waals surface area (Å²) in [7, 11) is 1.61. The lowest BCUT2D eigenvalue weighted by Gasteiger charge is -2.29. The minimum Gasteiger partial charge on any atom is -0.495 e. The Morgan fingerprint density at radius 3 is 2.63 bits per heavy atom. The van der Waals surface area contributed by atoms with Crippen molar-refractivity contribution < 1.29 is 14.3 Å². The molecule has 0 N–H and O–H groups in total. The van der Waals surface area contributed by atoms with E-state index < -0.39 is 0 Å². The van der Waals surface area contributed by atoms with Crippen LogP contribution in [0.25, 0.3) is 0 Å². The molecule has 30 heavy (non-hydrogen) atoms. The molecule has 6 nitrogen and oxygen atoms in total. The average Bonchev–Trinajstić information content (AvgIpc) is 3.01. The number of hydrogen-bond donors (Lipinski definition) is 0. The fraction of sp³-hybridized carbons (Fsp3) is 0.667. The van der Waals surface area contributed by atoms with Crippen molar-refractivity contribution in [1.29, 1.82) is 0 Å². The third-order valence-corrected chi connectivity index (χ3v) is 6.99. The second-order valence-corrected chi connectivity index (χ2v) is 9.06. The zero-order chi connectivity index (χ0) is 20.9. The second-order valence-electron chi connectivity index (χ2n) is 9.06. The largest absolute Gasteiger partial charge is 0.495 e. The summed E-state index contributed by atoms with van der Waals surface area (Å²) in [6, 6.07) is 7.53. The van der Waals surface area contributed by atoms with E-state index in [-0.39, 0.29) is 17.7 Å². The van der Waals surface area contributed by atoms with E-state index in [9.17, 15) is 9.59 Å². The summed E-state index contributed by atoms with van der Waals surface area (Å²) in [5, 5.41) is 0. The number of amides is 2. The number of para-hydroxylation sites is 2. The van der Waals surface area contributed by atoms with Gasteiger partial charge in [-0.2, -0.15) is 0 Å². The molecule has 3 aliphatic rings. The van der Waals surface area contributed by atoms with Gasteiger partial charge in [-0.25, -0.2) is 0 Å². The van der Waals surface area contributed by atoms with Crippen LogP contribution in [0.3, 0.4) is 0 Å². The summed E-state index contributed by atoms with van der Waals surface area (Å²) in [6.07, 6.45) is 8.19. The predicted octanol–water partition coefficient (Wildman–Crippen LogP) is 3.16. The number of carbonyl (C=O) groups excluding carboxylic acids is 2. The van der Waals surface area contributed by atoms with Crippen molar-refractivity contribution in [2.45, 2.75) is 44.9 Å². The fourth-order valence-electron chi connectivity index (χ4n) is 5.33. The summed E-state index contributed by atoms with van der Waals surface area (Å²) in [4.78, 5) is 32.2. The highest BCUT2D eigenvalue weighted by Crippen LogP contribution is 2.33. The van der Waals surface area contributed by atoms with Crippen LogP contribution in [0, 0.1) is 11.8 Å². The van der Waals surface area contributed by atoms with E-state index in [0.717, 1.165) is 44.2 Å². The lowest BCUT2D eigenvalue weighted by atomic mass is 9.89. The first-order chi connectivity index (χ1) is 14.7. The molecule has 2 amide bonds. The maximum Gasteiger partial charge on any atom is 0.228 e. The van der Waals surface area contributed by atoms with E-state index >= 15 is 0 Å². The second kappa shape index (κ2) is 9.82. The molecule has 2 aliphatic heterocycles. The van der Waals surface area contributed by atoms with Crippen LogP contribution in [-0.2, 0) is 9.59 Å². The zero-order valence-electron chi connectivity index (χ0n) is 18.2. The molecule has 2 saturated heterocycles. The number of carbonyl (C=O) groups is 2. The normalized spacial score (nSPS) is 24.2. The molecule has 1 atom stereocenters. The molecule has 0 bridgehead atoms. The molecule has 2 heterocycles. The van der Waals surface area contributed by atoms with Gasteiger partial charge in [0.25, 0.3) is 0 Å². The van der Waals surface area contributed by atoms with Crippen LogP contribution in [-0.4, -0.2) is 68.0 Å². The lowest BCUT2D eigenvalue weighted by Crippen LogP contribution is -2.40.